The molecule has 0 aliphatic heterocycles. The van der Waals surface area contributed by atoms with Gasteiger partial charge in [-0.05, 0) is 37.1 Å². The number of nitrogens with one attached hydrogen (secondary N) is 1. The first-order valence-electron chi connectivity index (χ1n) is 8.82. The van der Waals surface area contributed by atoms with Crippen molar-refractivity contribution in [2.45, 2.75) is 32.0 Å². The van der Waals surface area contributed by atoms with Crippen molar-refractivity contribution in [2.75, 3.05) is 11.1 Å². The zero-order chi connectivity index (χ0) is 19.2. The van der Waals surface area contributed by atoms with E-state index in [0.29, 0.717) is 0 Å². The predicted molar refractivity (Wildman–Crippen MR) is 114 cm³/mol. The topological polar surface area (TPSA) is 59.8 Å². The van der Waals surface area contributed by atoms with E-state index in [1.165, 1.54) is 11.8 Å². The van der Waals surface area contributed by atoms with Crippen LogP contribution in [0.1, 0.15) is 19.4 Å². The maximum Gasteiger partial charge on any atom is 0.234 e. The standard InChI is InChI=1S/C20H21BrN4OS/c1-3-14-7-5-6-8-17(14)22-18(26)13-27-20-24-23-19(25(20)4-2)15-9-11-16(21)12-10-15/h5-12H,3-4,13H2,1-2H3,(H,22,26). The van der Waals surface area contributed by atoms with Gasteiger partial charge in [0.2, 0.25) is 5.91 Å². The van der Waals surface area contributed by atoms with Crippen LogP contribution < -0.4 is 5.32 Å². The summed E-state index contributed by atoms with van der Waals surface area (Å²) in [6.45, 7) is 4.86. The molecule has 7 heteroatoms. The average molecular weight is 445 g/mol. The molecule has 0 unspecified atom stereocenters. The molecule has 0 saturated carbocycles. The molecule has 0 radical (unpaired) electrons. The quantitative estimate of drug-likeness (QED) is 0.519. The Kier molecular flexibility index (Phi) is 6.68. The highest BCUT2D eigenvalue weighted by atomic mass is 79.9. The van der Waals surface area contributed by atoms with Crippen LogP contribution in [0, 0.1) is 0 Å². The van der Waals surface area contributed by atoms with Crippen LogP contribution in [0.4, 0.5) is 5.69 Å². The van der Waals surface area contributed by atoms with E-state index in [2.05, 4.69) is 38.4 Å². The van der Waals surface area contributed by atoms with Crippen molar-refractivity contribution in [3.8, 4) is 11.4 Å². The Balaban J connectivity index is 1.69. The molecule has 5 nitrogen and oxygen atoms in total. The molecule has 0 atom stereocenters. The summed E-state index contributed by atoms with van der Waals surface area (Å²) in [4.78, 5) is 12.4. The molecule has 2 aromatic carbocycles. The number of rotatable bonds is 7. The highest BCUT2D eigenvalue weighted by Crippen LogP contribution is 2.25. The number of halogens is 1. The lowest BCUT2D eigenvalue weighted by Gasteiger charge is -2.10. The number of benzene rings is 2. The van der Waals surface area contributed by atoms with Gasteiger partial charge in [-0.25, -0.2) is 0 Å². The maximum absolute atomic E-state index is 12.4. The number of hydrogen-bond donors (Lipinski definition) is 1. The lowest BCUT2D eigenvalue weighted by molar-refractivity contribution is -0.113. The van der Waals surface area contributed by atoms with Gasteiger partial charge >= 0.3 is 0 Å². The molecule has 0 aliphatic carbocycles. The van der Waals surface area contributed by atoms with Gasteiger partial charge in [0.1, 0.15) is 0 Å². The van der Waals surface area contributed by atoms with E-state index < -0.39 is 0 Å². The van der Waals surface area contributed by atoms with Crippen molar-refractivity contribution in [1.82, 2.24) is 14.8 Å². The molecule has 1 aromatic heterocycles. The van der Waals surface area contributed by atoms with Gasteiger partial charge in [0, 0.05) is 22.3 Å². The Morgan fingerprint density at radius 1 is 1.11 bits per heavy atom. The first-order chi connectivity index (χ1) is 13.1. The zero-order valence-corrected chi connectivity index (χ0v) is 17.7. The summed E-state index contributed by atoms with van der Waals surface area (Å²) in [6, 6.07) is 15.8. The van der Waals surface area contributed by atoms with E-state index in [0.717, 1.165) is 45.2 Å². The smallest absolute Gasteiger partial charge is 0.234 e. The second-order valence-electron chi connectivity index (χ2n) is 5.90. The van der Waals surface area contributed by atoms with Gasteiger partial charge in [0.25, 0.3) is 0 Å². The summed E-state index contributed by atoms with van der Waals surface area (Å²) < 4.78 is 3.05. The summed E-state index contributed by atoms with van der Waals surface area (Å²) in [7, 11) is 0. The van der Waals surface area contributed by atoms with Gasteiger partial charge in [-0.1, -0.05) is 64.9 Å². The summed E-state index contributed by atoms with van der Waals surface area (Å²) in [5.41, 5.74) is 3.00. The number of hydrogen-bond acceptors (Lipinski definition) is 4. The normalized spacial score (nSPS) is 10.8. The van der Waals surface area contributed by atoms with E-state index >= 15 is 0 Å². The van der Waals surface area contributed by atoms with Gasteiger partial charge in [0.05, 0.1) is 5.75 Å². The summed E-state index contributed by atoms with van der Waals surface area (Å²) in [5.74, 6) is 1.05. The molecule has 1 heterocycles. The molecule has 3 rings (SSSR count). The highest BCUT2D eigenvalue weighted by Gasteiger charge is 2.15. The number of carbonyl (C=O) groups excluding carboxylic acids is 1. The number of thioether (sulfide) groups is 1. The van der Waals surface area contributed by atoms with Crippen LogP contribution in [-0.2, 0) is 17.8 Å². The number of amides is 1. The van der Waals surface area contributed by atoms with Crippen LogP contribution >= 0.6 is 27.7 Å². The minimum Gasteiger partial charge on any atom is -0.325 e. The van der Waals surface area contributed by atoms with E-state index in [1.54, 1.807) is 0 Å². The number of aromatic nitrogens is 3. The van der Waals surface area contributed by atoms with Crippen molar-refractivity contribution in [3.63, 3.8) is 0 Å². The molecule has 1 N–H and O–H groups in total. The summed E-state index contributed by atoms with van der Waals surface area (Å²) >= 11 is 4.84. The average Bonchev–Trinajstić information content (AvgIpc) is 3.10. The fraction of sp³-hybridized carbons (Fsp3) is 0.250. The first-order valence-corrected chi connectivity index (χ1v) is 10.6. The van der Waals surface area contributed by atoms with E-state index in [9.17, 15) is 4.79 Å². The van der Waals surface area contributed by atoms with Crippen LogP contribution in [0.5, 0.6) is 0 Å². The van der Waals surface area contributed by atoms with Crippen LogP contribution in [0.3, 0.4) is 0 Å². The number of anilines is 1. The molecule has 0 saturated heterocycles. The van der Waals surface area contributed by atoms with Gasteiger partial charge in [-0.3, -0.25) is 4.79 Å². The fourth-order valence-electron chi connectivity index (χ4n) is 2.76. The molecular formula is C20H21BrN4OS. The zero-order valence-electron chi connectivity index (χ0n) is 15.3. The third kappa shape index (κ3) is 4.78. The monoisotopic (exact) mass is 444 g/mol. The number of para-hydroxylation sites is 1. The van der Waals surface area contributed by atoms with Crippen molar-refractivity contribution in [2.24, 2.45) is 0 Å². The molecule has 27 heavy (non-hydrogen) atoms. The summed E-state index contributed by atoms with van der Waals surface area (Å²) in [6.07, 6.45) is 0.879. The van der Waals surface area contributed by atoms with Crippen LogP contribution in [0.15, 0.2) is 58.2 Å². The fourth-order valence-corrected chi connectivity index (χ4v) is 3.83. The van der Waals surface area contributed by atoms with Crippen LogP contribution in [0.2, 0.25) is 0 Å². The molecule has 0 spiro atoms. The Labute approximate surface area is 171 Å². The predicted octanol–water partition coefficient (Wildman–Crippen LogP) is 5.02. The molecule has 0 fully saturated rings. The Hall–Kier alpha value is -2.12. The number of nitrogens with zero attached hydrogens (tertiary/aromatic N) is 3. The van der Waals surface area contributed by atoms with Crippen molar-refractivity contribution in [1.29, 1.82) is 0 Å². The molecule has 0 aliphatic rings. The Morgan fingerprint density at radius 2 is 1.85 bits per heavy atom. The lowest BCUT2D eigenvalue weighted by atomic mass is 10.1. The second-order valence-corrected chi connectivity index (χ2v) is 7.76. The SMILES string of the molecule is CCc1ccccc1NC(=O)CSc1nnc(-c2ccc(Br)cc2)n1CC. The highest BCUT2D eigenvalue weighted by molar-refractivity contribution is 9.10. The van der Waals surface area contributed by atoms with Gasteiger partial charge < -0.3 is 9.88 Å². The van der Waals surface area contributed by atoms with E-state index in [-0.39, 0.29) is 11.7 Å². The van der Waals surface area contributed by atoms with E-state index in [1.807, 2.05) is 60.0 Å². The van der Waals surface area contributed by atoms with Gasteiger partial charge in [0.15, 0.2) is 11.0 Å². The van der Waals surface area contributed by atoms with Crippen molar-refractivity contribution >= 4 is 39.3 Å². The third-order valence-electron chi connectivity index (χ3n) is 4.14. The molecular weight excluding hydrogens is 424 g/mol. The minimum atomic E-state index is -0.0447. The first kappa shape index (κ1) is 19.6. The number of carbonyl (C=O) groups is 1. The molecule has 140 valence electrons. The Morgan fingerprint density at radius 3 is 2.56 bits per heavy atom. The lowest BCUT2D eigenvalue weighted by Crippen LogP contribution is -2.15. The minimum absolute atomic E-state index is 0.0447. The molecule has 1 amide bonds. The van der Waals surface area contributed by atoms with Crippen molar-refractivity contribution in [3.05, 3.63) is 58.6 Å². The second kappa shape index (κ2) is 9.19. The Bertz CT molecular complexity index is 924. The molecule has 3 aromatic rings. The van der Waals surface area contributed by atoms with Crippen LogP contribution in [0.25, 0.3) is 11.4 Å². The summed E-state index contributed by atoms with van der Waals surface area (Å²) in [5, 5.41) is 12.3. The van der Waals surface area contributed by atoms with Gasteiger partial charge in [-0.15, -0.1) is 10.2 Å². The third-order valence-corrected chi connectivity index (χ3v) is 5.64. The molecule has 0 bridgehead atoms. The van der Waals surface area contributed by atoms with E-state index in [4.69, 9.17) is 0 Å². The van der Waals surface area contributed by atoms with Crippen LogP contribution in [-0.4, -0.2) is 26.4 Å². The van der Waals surface area contributed by atoms with Crippen molar-refractivity contribution < 1.29 is 4.79 Å². The maximum atomic E-state index is 12.4. The largest absolute Gasteiger partial charge is 0.325 e. The van der Waals surface area contributed by atoms with Gasteiger partial charge in [-0.2, -0.15) is 0 Å². The number of aryl methyl sites for hydroxylation is 1.